The molecule has 0 N–H and O–H groups in total. The van der Waals surface area contributed by atoms with Crippen molar-refractivity contribution in [1.82, 2.24) is 0 Å². The molecule has 7 heterocycles. The Morgan fingerprint density at radius 2 is 1.22 bits per heavy atom. The van der Waals surface area contributed by atoms with E-state index in [0.29, 0.717) is 63.3 Å². The highest BCUT2D eigenvalue weighted by atomic mass is 16.8. The number of carbonyl (C=O) groups excluding carboxylic acids is 3. The number of carbonyl (C=O) groups is 3. The smallest absolute Gasteiger partial charge is 0.317 e. The van der Waals surface area contributed by atoms with Crippen LogP contribution in [0.25, 0.3) is 10.4 Å². The Bertz CT molecular complexity index is 3850. The summed E-state index contributed by atoms with van der Waals surface area (Å²) >= 11 is 0. The number of ether oxygens (including phenoxy) is 17. The summed E-state index contributed by atoms with van der Waals surface area (Å²) in [6.45, 7) is 46.9. The van der Waals surface area contributed by atoms with Gasteiger partial charge < -0.3 is 85.3 Å². The average Bonchev–Trinajstić information content (AvgIpc) is 0.736. The van der Waals surface area contributed by atoms with Gasteiger partial charge in [-0.25, -0.2) is 0 Å². The van der Waals surface area contributed by atoms with Crippen LogP contribution in [0, 0.1) is 109 Å². The van der Waals surface area contributed by atoms with Gasteiger partial charge in [0, 0.05) is 41.6 Å². The van der Waals surface area contributed by atoms with Gasteiger partial charge in [0.15, 0.2) is 36.7 Å². The summed E-state index contributed by atoms with van der Waals surface area (Å²) in [6.07, 6.45) is -2.35. The average molecular weight is 1650 g/mol. The van der Waals surface area contributed by atoms with Crippen LogP contribution in [-0.2, 0) is 108 Å². The van der Waals surface area contributed by atoms with E-state index in [-0.39, 0.29) is 101 Å². The van der Waals surface area contributed by atoms with Crippen molar-refractivity contribution in [2.75, 3.05) is 33.5 Å². The quantitative estimate of drug-likeness (QED) is 0.0170. The maximum Gasteiger partial charge on any atom is 0.317 e. The lowest BCUT2D eigenvalue weighted by molar-refractivity contribution is -0.374. The van der Waals surface area contributed by atoms with E-state index in [2.05, 4.69) is 132 Å². The van der Waals surface area contributed by atoms with E-state index in [4.69, 9.17) is 80.5 Å². The van der Waals surface area contributed by atoms with Crippen LogP contribution in [0.4, 0.5) is 0 Å². The first-order chi connectivity index (χ1) is 56.0. The number of rotatable bonds is 25. The number of allylic oxidation sites excluding steroid dienone is 2. The number of Topliss-reactive ketones (excluding diaryl/α,β-unsaturated/α-hetero) is 1. The maximum atomic E-state index is 16.8. The van der Waals surface area contributed by atoms with Crippen molar-refractivity contribution >= 4 is 18.0 Å². The second-order valence-electron chi connectivity index (χ2n) is 41.0. The largest absolute Gasteiger partial charge is 0.432 e. The van der Waals surface area contributed by atoms with E-state index in [1.165, 1.54) is 11.9 Å². The molecule has 4 saturated carbocycles. The van der Waals surface area contributed by atoms with E-state index >= 15 is 4.79 Å². The highest BCUT2D eigenvalue weighted by molar-refractivity contribution is 5.81. The summed E-state index contributed by atoms with van der Waals surface area (Å²) in [6, 6.07) is 19.2. The van der Waals surface area contributed by atoms with Gasteiger partial charge in [-0.15, -0.1) is 0 Å². The summed E-state index contributed by atoms with van der Waals surface area (Å²) < 4.78 is 118. The number of methoxy groups -OCH3 is 1. The van der Waals surface area contributed by atoms with Gasteiger partial charge >= 0.3 is 5.97 Å². The second kappa shape index (κ2) is 35.6. The predicted octanol–water partition coefficient (Wildman–Crippen LogP) is 17.1. The molecule has 2 aromatic rings. The fraction of sp³-hybridized carbons (Fsp3) is 0.821. The number of nitrogens with zero attached hydrogens (tertiary/aromatic N) is 3. The molecule has 11 fully saturated rings. The zero-order valence-corrected chi connectivity index (χ0v) is 74.8. The molecule has 23 heteroatoms. The lowest BCUT2D eigenvalue weighted by Crippen LogP contribution is -2.69. The number of ketones is 1. The number of fused-ring (bicyclic) bond motifs is 8. The highest BCUT2D eigenvalue weighted by Gasteiger charge is 2.73. The Hall–Kier alpha value is -4.34. The minimum atomic E-state index is -1.31. The number of esters is 1. The zero-order valence-electron chi connectivity index (χ0n) is 74.8. The van der Waals surface area contributed by atoms with Crippen molar-refractivity contribution in [3.63, 3.8) is 0 Å². The van der Waals surface area contributed by atoms with Gasteiger partial charge in [-0.05, 0) is 178 Å². The van der Waals surface area contributed by atoms with Gasteiger partial charge in [-0.3, -0.25) is 9.59 Å². The molecule has 118 heavy (non-hydrogen) atoms. The van der Waals surface area contributed by atoms with Crippen molar-refractivity contribution in [3.8, 4) is 0 Å². The maximum absolute atomic E-state index is 16.8. The molecule has 0 amide bonds. The molecule has 0 bridgehead atoms. The number of hydrogen-bond acceptors (Lipinski definition) is 21. The standard InChI is InChI=1S/C95H143N3O20/c1-23-67-55(6)54(5)57(8)85(109-67)115-82-77(113-83-56(7)53(4)51(2)44-106-83)59(10)76(61(12)100)112-87(82)111-72-37-38-91(18)70(92(72,19)50-99)36-39-93(20)71(91)35-34-65-66-42-89(14,15)40-41-95(66,73(102-22)43-94(65,93)21)88(101)116-86-78(58(9)74(97-98-96)68(110-86)48-103-46-63-30-26-24-27-31-63)105-49-69-80-81(118-90(16,17)117-80)79(62(13)108-69)114-84-60(11)75(52(3)45-107-84)104-47-64-32-28-25-29-33-64/h24-34,50-60,62,66-87H,23,35-49H2,1-22H3/t51-,52-,53-,54-,55+,56?,57?,58?,59-,60?,62-,66?,67?,68?,69-,70+,71?,72-,73?,74+,75?,76?,77-,78?,79-,80?,81?,82?,83-,84-,85-,86-,87+,91?,92+,93-,94+,95+/m0/s1. The van der Waals surface area contributed by atoms with Crippen molar-refractivity contribution in [1.29, 1.82) is 0 Å². The molecule has 0 radical (unpaired) electrons. The van der Waals surface area contributed by atoms with Crippen molar-refractivity contribution in [3.05, 3.63) is 93.9 Å². The van der Waals surface area contributed by atoms with Crippen LogP contribution in [0.5, 0.6) is 0 Å². The molecule has 38 atom stereocenters. The van der Waals surface area contributed by atoms with Crippen LogP contribution in [0.15, 0.2) is 77.4 Å². The second-order valence-corrected chi connectivity index (χ2v) is 41.0. The molecule has 14 rings (SSSR count). The van der Waals surface area contributed by atoms with E-state index in [1.807, 2.05) is 83.1 Å². The summed E-state index contributed by atoms with van der Waals surface area (Å²) in [5, 5.41) is 4.40. The third-order valence-corrected chi connectivity index (χ3v) is 33.0. The molecule has 0 aromatic heterocycles. The Balaban J connectivity index is 0.738. The normalized spacial score (nSPS) is 47.7. The Kier molecular flexibility index (Phi) is 27.1. The first-order valence-electron chi connectivity index (χ1n) is 45.2. The fourth-order valence-electron chi connectivity index (χ4n) is 25.1. The van der Waals surface area contributed by atoms with Gasteiger partial charge in [-0.2, -0.15) is 0 Å². The topological polar surface area (TPSA) is 257 Å². The molecular weight excluding hydrogens is 1500 g/mol. The predicted molar refractivity (Wildman–Crippen MR) is 441 cm³/mol. The summed E-state index contributed by atoms with van der Waals surface area (Å²) in [5.74, 6) is -1.61. The molecule has 5 aliphatic carbocycles. The van der Waals surface area contributed by atoms with Gasteiger partial charge in [0.2, 0.25) is 6.29 Å². The van der Waals surface area contributed by atoms with Crippen molar-refractivity contribution in [2.45, 2.75) is 352 Å². The van der Waals surface area contributed by atoms with Crippen LogP contribution in [0.2, 0.25) is 0 Å². The molecule has 16 unspecified atom stereocenters. The Morgan fingerprint density at radius 1 is 0.576 bits per heavy atom. The molecule has 12 aliphatic rings. The van der Waals surface area contributed by atoms with Crippen molar-refractivity contribution in [2.24, 2.45) is 115 Å². The monoisotopic (exact) mass is 1650 g/mol. The number of azide groups is 1. The third-order valence-electron chi connectivity index (χ3n) is 33.0. The SMILES string of the molecule is CCC1O[C@@H](OC2[C@H](O[C@H]3CCC4(C)C5CC=C6C7CC(C)(C)CC[C@]7(C(=O)O[C@@H]7OC(COCc8ccccc8)[C@H](N=[N+]=[N-])C(C)C7OC[C@@H]7O[C@@H](C)[C@H](O[C@@H]8OC[C@H](C)C(OCc9ccccc9)C8C)C8OC(C)(C)OC87)C(OC)C[C@@]6(C)[C@@]5(C)CC[C@H]4[C@@]3(C)C=O)OC(C(C)=O)[C@H](C)[C@@H]2O[C@@H]2OC[C@H](C)[C@H](C)C2C)C(C)[C@@H](C)[C@H]1C. The van der Waals surface area contributed by atoms with E-state index < -0.39 is 151 Å². The van der Waals surface area contributed by atoms with Crippen LogP contribution in [-0.4, -0.2) is 180 Å². The molecule has 2 aromatic carbocycles. The minimum Gasteiger partial charge on any atom is -0.432 e. The van der Waals surface area contributed by atoms with E-state index in [1.54, 1.807) is 14.0 Å². The summed E-state index contributed by atoms with van der Waals surface area (Å²) in [4.78, 5) is 48.9. The van der Waals surface area contributed by atoms with E-state index in [9.17, 15) is 15.1 Å². The third kappa shape index (κ3) is 16.6. The molecule has 658 valence electrons. The molecule has 7 aliphatic heterocycles. The first-order valence-corrected chi connectivity index (χ1v) is 45.2. The Morgan fingerprint density at radius 3 is 1.89 bits per heavy atom. The Labute approximate surface area is 703 Å². The summed E-state index contributed by atoms with van der Waals surface area (Å²) in [7, 11) is 1.75. The van der Waals surface area contributed by atoms with Crippen LogP contribution in [0.3, 0.4) is 0 Å². The highest BCUT2D eigenvalue weighted by Crippen LogP contribution is 2.76. The van der Waals surface area contributed by atoms with Gasteiger partial charge in [0.1, 0.15) is 54.4 Å². The molecular formula is C95H143N3O20. The molecule has 23 nitrogen and oxygen atoms in total. The van der Waals surface area contributed by atoms with Crippen LogP contribution in [0.1, 0.15) is 221 Å². The van der Waals surface area contributed by atoms with Crippen LogP contribution < -0.4 is 0 Å². The summed E-state index contributed by atoms with van der Waals surface area (Å²) in [5.41, 5.74) is 10.2. The lowest BCUT2D eigenvalue weighted by atomic mass is 9.33. The lowest BCUT2D eigenvalue weighted by Gasteiger charge is -2.71. The number of hydrogen-bond donors (Lipinski definition) is 0. The minimum absolute atomic E-state index is 0.00970. The molecule has 0 spiro atoms. The van der Waals surface area contributed by atoms with Crippen molar-refractivity contribution < 1.29 is 94.9 Å². The fourth-order valence-corrected chi connectivity index (χ4v) is 25.1. The molecule has 7 saturated heterocycles. The zero-order chi connectivity index (χ0) is 84.7. The van der Waals surface area contributed by atoms with Gasteiger partial charge in [0.25, 0.3) is 0 Å². The van der Waals surface area contributed by atoms with Gasteiger partial charge in [-0.1, -0.05) is 195 Å². The first kappa shape index (κ1) is 89.9. The van der Waals surface area contributed by atoms with Crippen LogP contribution >= 0.6 is 0 Å². The van der Waals surface area contributed by atoms with E-state index in [0.717, 1.165) is 49.7 Å². The van der Waals surface area contributed by atoms with Gasteiger partial charge in [0.05, 0.1) is 93.8 Å². The number of aldehydes is 1. The number of benzene rings is 2.